The predicted octanol–water partition coefficient (Wildman–Crippen LogP) is 0.972. The van der Waals surface area contributed by atoms with Crippen molar-refractivity contribution in [2.75, 3.05) is 13.6 Å². The van der Waals surface area contributed by atoms with Crippen LogP contribution in [-0.4, -0.2) is 46.8 Å². The van der Waals surface area contributed by atoms with Gasteiger partial charge in [0.2, 0.25) is 0 Å². The first kappa shape index (κ1) is 16.0. The van der Waals surface area contributed by atoms with Crippen LogP contribution < -0.4 is 5.32 Å². The highest BCUT2D eigenvalue weighted by Gasteiger charge is 2.14. The Kier molecular flexibility index (Phi) is 5.99. The Morgan fingerprint density at radius 1 is 1.35 bits per heavy atom. The van der Waals surface area contributed by atoms with Gasteiger partial charge in [-0.05, 0) is 18.1 Å². The minimum Gasteiger partial charge on any atom is -0.479 e. The molecule has 0 aliphatic rings. The molecule has 6 heteroatoms. The van der Waals surface area contributed by atoms with Crippen LogP contribution in [0.3, 0.4) is 0 Å². The van der Waals surface area contributed by atoms with E-state index in [-0.39, 0.29) is 19.0 Å². The average Bonchev–Trinajstić information content (AvgIpc) is 2.40. The molecule has 0 radical (unpaired) electrons. The summed E-state index contributed by atoms with van der Waals surface area (Å²) in [7, 11) is 1.66. The van der Waals surface area contributed by atoms with Crippen LogP contribution in [0.1, 0.15) is 17.5 Å². The highest BCUT2D eigenvalue weighted by molar-refractivity contribution is 5.74. The zero-order valence-corrected chi connectivity index (χ0v) is 11.7. The number of rotatable bonds is 6. The number of aryl methyl sites for hydroxylation is 1. The van der Waals surface area contributed by atoms with E-state index in [0.717, 1.165) is 11.1 Å². The lowest BCUT2D eigenvalue weighted by Crippen LogP contribution is -2.38. The fourth-order valence-electron chi connectivity index (χ4n) is 1.69. The Morgan fingerprint density at radius 2 is 2.00 bits per heavy atom. The van der Waals surface area contributed by atoms with Crippen molar-refractivity contribution in [1.29, 1.82) is 0 Å². The first-order valence-corrected chi connectivity index (χ1v) is 6.36. The third-order valence-corrected chi connectivity index (χ3v) is 2.99. The fourth-order valence-corrected chi connectivity index (χ4v) is 1.69. The van der Waals surface area contributed by atoms with Gasteiger partial charge in [0, 0.05) is 26.6 Å². The van der Waals surface area contributed by atoms with Crippen molar-refractivity contribution in [2.24, 2.45) is 0 Å². The second-order valence-electron chi connectivity index (χ2n) is 4.66. The van der Waals surface area contributed by atoms with Crippen molar-refractivity contribution < 1.29 is 19.8 Å². The maximum Gasteiger partial charge on any atom is 0.332 e. The summed E-state index contributed by atoms with van der Waals surface area (Å²) in [5.74, 6) is -1.28. The lowest BCUT2D eigenvalue weighted by Gasteiger charge is -2.19. The third-order valence-electron chi connectivity index (χ3n) is 2.99. The Hall–Kier alpha value is -2.08. The molecule has 1 rings (SSSR count). The molecule has 2 amide bonds. The van der Waals surface area contributed by atoms with Crippen LogP contribution in [0.4, 0.5) is 4.79 Å². The first-order chi connectivity index (χ1) is 9.41. The van der Waals surface area contributed by atoms with Crippen LogP contribution >= 0.6 is 0 Å². The van der Waals surface area contributed by atoms with E-state index in [1.54, 1.807) is 7.05 Å². The summed E-state index contributed by atoms with van der Waals surface area (Å²) in [5, 5.41) is 20.2. The second kappa shape index (κ2) is 7.49. The largest absolute Gasteiger partial charge is 0.479 e. The molecule has 20 heavy (non-hydrogen) atoms. The van der Waals surface area contributed by atoms with Crippen molar-refractivity contribution in [3.8, 4) is 0 Å². The normalized spacial score (nSPS) is 11.8. The zero-order chi connectivity index (χ0) is 15.1. The van der Waals surface area contributed by atoms with Crippen molar-refractivity contribution in [2.45, 2.75) is 26.0 Å². The molecular formula is C14H20N2O4. The maximum absolute atomic E-state index is 11.8. The van der Waals surface area contributed by atoms with Crippen molar-refractivity contribution in [3.05, 3.63) is 35.4 Å². The number of carbonyl (C=O) groups excluding carboxylic acids is 1. The van der Waals surface area contributed by atoms with E-state index in [0.29, 0.717) is 6.54 Å². The van der Waals surface area contributed by atoms with Crippen LogP contribution in [0.15, 0.2) is 24.3 Å². The van der Waals surface area contributed by atoms with E-state index in [9.17, 15) is 9.59 Å². The van der Waals surface area contributed by atoms with Crippen LogP contribution in [0, 0.1) is 6.92 Å². The van der Waals surface area contributed by atoms with Crippen molar-refractivity contribution in [3.63, 3.8) is 0 Å². The monoisotopic (exact) mass is 280 g/mol. The van der Waals surface area contributed by atoms with Crippen molar-refractivity contribution in [1.82, 2.24) is 10.2 Å². The number of urea groups is 1. The number of amides is 2. The van der Waals surface area contributed by atoms with Gasteiger partial charge in [-0.2, -0.15) is 0 Å². The second-order valence-corrected chi connectivity index (χ2v) is 4.66. The molecule has 0 fully saturated rings. The van der Waals surface area contributed by atoms with E-state index < -0.39 is 12.1 Å². The summed E-state index contributed by atoms with van der Waals surface area (Å²) >= 11 is 0. The van der Waals surface area contributed by atoms with Gasteiger partial charge in [0.05, 0.1) is 0 Å². The zero-order valence-electron chi connectivity index (χ0n) is 11.7. The quantitative estimate of drug-likeness (QED) is 0.724. The smallest absolute Gasteiger partial charge is 0.332 e. The molecule has 0 aromatic heterocycles. The molecule has 6 nitrogen and oxygen atoms in total. The van der Waals surface area contributed by atoms with Gasteiger partial charge in [-0.15, -0.1) is 0 Å². The Labute approximate surface area is 118 Å². The molecule has 0 aliphatic heterocycles. The van der Waals surface area contributed by atoms with E-state index in [4.69, 9.17) is 10.2 Å². The standard InChI is InChI=1S/C14H20N2O4/c1-10-5-3-4-6-11(10)9-16(2)14(20)15-8-7-12(17)13(18)19/h3-6,12,17H,7-9H2,1-2H3,(H,15,20)(H,18,19)/t12-/m0/s1. The molecule has 0 unspecified atom stereocenters. The number of carbonyl (C=O) groups is 2. The summed E-state index contributed by atoms with van der Waals surface area (Å²) in [4.78, 5) is 23.7. The van der Waals surface area contributed by atoms with E-state index >= 15 is 0 Å². The number of carboxylic acids is 1. The van der Waals surface area contributed by atoms with Crippen LogP contribution in [0.2, 0.25) is 0 Å². The molecule has 0 saturated heterocycles. The summed E-state index contributed by atoms with van der Waals surface area (Å²) in [5.41, 5.74) is 2.16. The van der Waals surface area contributed by atoms with E-state index in [1.165, 1.54) is 4.90 Å². The van der Waals surface area contributed by atoms with Crippen LogP contribution in [-0.2, 0) is 11.3 Å². The molecule has 0 heterocycles. The molecule has 0 bridgehead atoms. The van der Waals surface area contributed by atoms with Gasteiger partial charge in [0.25, 0.3) is 0 Å². The Balaban J connectivity index is 2.40. The van der Waals surface area contributed by atoms with Crippen LogP contribution in [0.25, 0.3) is 0 Å². The van der Waals surface area contributed by atoms with Gasteiger partial charge in [-0.1, -0.05) is 24.3 Å². The molecule has 110 valence electrons. The highest BCUT2D eigenvalue weighted by Crippen LogP contribution is 2.09. The fraction of sp³-hybridized carbons (Fsp3) is 0.429. The van der Waals surface area contributed by atoms with Gasteiger partial charge >= 0.3 is 12.0 Å². The number of nitrogens with zero attached hydrogens (tertiary/aromatic N) is 1. The topological polar surface area (TPSA) is 89.9 Å². The average molecular weight is 280 g/mol. The number of carboxylic acid groups (broad SMARTS) is 1. The molecule has 3 N–H and O–H groups in total. The molecule has 0 spiro atoms. The number of aliphatic carboxylic acids is 1. The van der Waals surface area contributed by atoms with Crippen LogP contribution in [0.5, 0.6) is 0 Å². The number of hydrogen-bond donors (Lipinski definition) is 3. The van der Waals surface area contributed by atoms with Gasteiger partial charge in [0.1, 0.15) is 0 Å². The van der Waals surface area contributed by atoms with E-state index in [2.05, 4.69) is 5.32 Å². The third kappa shape index (κ3) is 4.89. The maximum atomic E-state index is 11.8. The minimum absolute atomic E-state index is 0.0146. The number of benzene rings is 1. The Morgan fingerprint density at radius 3 is 2.60 bits per heavy atom. The van der Waals surface area contributed by atoms with Gasteiger partial charge in [-0.3, -0.25) is 0 Å². The molecular weight excluding hydrogens is 260 g/mol. The first-order valence-electron chi connectivity index (χ1n) is 6.36. The van der Waals surface area contributed by atoms with E-state index in [1.807, 2.05) is 31.2 Å². The summed E-state index contributed by atoms with van der Waals surface area (Å²) in [6.45, 7) is 2.56. The highest BCUT2D eigenvalue weighted by atomic mass is 16.4. The number of hydrogen-bond acceptors (Lipinski definition) is 3. The Bertz CT molecular complexity index is 476. The van der Waals surface area contributed by atoms with Gasteiger partial charge < -0.3 is 20.4 Å². The lowest BCUT2D eigenvalue weighted by atomic mass is 10.1. The van der Waals surface area contributed by atoms with Gasteiger partial charge in [-0.25, -0.2) is 9.59 Å². The molecule has 1 atom stereocenters. The summed E-state index contributed by atoms with van der Waals surface area (Å²) < 4.78 is 0. The molecule has 0 saturated carbocycles. The summed E-state index contributed by atoms with van der Waals surface area (Å²) in [6.07, 6.45) is -1.46. The van der Waals surface area contributed by atoms with Crippen molar-refractivity contribution >= 4 is 12.0 Å². The number of aliphatic hydroxyl groups excluding tert-OH is 1. The summed E-state index contributed by atoms with van der Waals surface area (Å²) in [6, 6.07) is 7.48. The molecule has 1 aromatic rings. The lowest BCUT2D eigenvalue weighted by molar-refractivity contribution is -0.146. The number of aliphatic hydroxyl groups is 1. The van der Waals surface area contributed by atoms with Gasteiger partial charge in [0.15, 0.2) is 6.10 Å². The molecule has 0 aliphatic carbocycles. The number of nitrogens with one attached hydrogen (secondary N) is 1. The molecule has 1 aromatic carbocycles. The minimum atomic E-state index is -1.45. The predicted molar refractivity (Wildman–Crippen MR) is 74.3 cm³/mol. The SMILES string of the molecule is Cc1ccccc1CN(C)C(=O)NCC[C@H](O)C(=O)O.